The fourth-order valence-electron chi connectivity index (χ4n) is 1.21. The fourth-order valence-corrected chi connectivity index (χ4v) is 1.62. The molecule has 1 aromatic rings. The first-order valence-corrected chi connectivity index (χ1v) is 5.21. The van der Waals surface area contributed by atoms with Crippen LogP contribution in [0.25, 0.3) is 0 Å². The smallest absolute Gasteiger partial charge is 0.118 e. The Morgan fingerprint density at radius 3 is 2.77 bits per heavy atom. The van der Waals surface area contributed by atoms with Gasteiger partial charge in [-0.15, -0.1) is 0 Å². The lowest BCUT2D eigenvalue weighted by molar-refractivity contribution is 0.466. The molecule has 72 valence electrons. The summed E-state index contributed by atoms with van der Waals surface area (Å²) in [5.74, 6) is 0.375. The van der Waals surface area contributed by atoms with E-state index in [1.807, 2.05) is 12.1 Å². The summed E-state index contributed by atoms with van der Waals surface area (Å²) in [5.41, 5.74) is 6.38. The summed E-state index contributed by atoms with van der Waals surface area (Å²) < 4.78 is 1.01. The van der Waals surface area contributed by atoms with Crippen LogP contribution in [0.2, 0.25) is 0 Å². The molecule has 2 nitrogen and oxygen atoms in total. The van der Waals surface area contributed by atoms with Crippen molar-refractivity contribution in [2.24, 2.45) is 5.73 Å². The third-order valence-electron chi connectivity index (χ3n) is 1.94. The van der Waals surface area contributed by atoms with Crippen molar-refractivity contribution in [2.75, 3.05) is 6.54 Å². The molecule has 0 atom stereocenters. The van der Waals surface area contributed by atoms with Gasteiger partial charge in [-0.25, -0.2) is 0 Å². The van der Waals surface area contributed by atoms with E-state index in [2.05, 4.69) is 15.9 Å². The van der Waals surface area contributed by atoms with Gasteiger partial charge in [0.1, 0.15) is 5.75 Å². The number of nitrogens with two attached hydrogens (primary N) is 1. The lowest BCUT2D eigenvalue weighted by atomic mass is 10.1. The molecule has 3 N–H and O–H groups in total. The summed E-state index contributed by atoms with van der Waals surface area (Å²) in [7, 11) is 0. The summed E-state index contributed by atoms with van der Waals surface area (Å²) >= 11 is 3.37. The molecule has 13 heavy (non-hydrogen) atoms. The molecule has 3 heteroatoms. The summed E-state index contributed by atoms with van der Waals surface area (Å²) in [5, 5.41) is 9.48. The number of unbranched alkanes of at least 4 members (excludes halogenated alkanes) is 1. The van der Waals surface area contributed by atoms with Crippen LogP contribution in [0, 0.1) is 0 Å². The van der Waals surface area contributed by atoms with Crippen LogP contribution in [-0.2, 0) is 6.42 Å². The van der Waals surface area contributed by atoms with E-state index in [9.17, 15) is 5.11 Å². The van der Waals surface area contributed by atoms with E-state index in [4.69, 9.17) is 5.73 Å². The summed E-state index contributed by atoms with van der Waals surface area (Å²) in [6.07, 6.45) is 2.93. The second-order valence-corrected chi connectivity index (χ2v) is 3.93. The normalized spacial score (nSPS) is 10.3. The van der Waals surface area contributed by atoms with Gasteiger partial charge in [0.05, 0.1) is 0 Å². The molecule has 0 aliphatic carbocycles. The van der Waals surface area contributed by atoms with Crippen LogP contribution in [0.15, 0.2) is 22.7 Å². The summed E-state index contributed by atoms with van der Waals surface area (Å²) in [4.78, 5) is 0. The molecule has 1 aromatic carbocycles. The molecule has 0 aliphatic heterocycles. The third kappa shape index (κ3) is 3.36. The van der Waals surface area contributed by atoms with Crippen molar-refractivity contribution in [3.05, 3.63) is 28.2 Å². The van der Waals surface area contributed by atoms with Gasteiger partial charge in [0.2, 0.25) is 0 Å². The molecule has 0 saturated heterocycles. The van der Waals surface area contributed by atoms with Crippen LogP contribution in [0.1, 0.15) is 18.4 Å². The molecule has 0 spiro atoms. The van der Waals surface area contributed by atoms with Crippen LogP contribution in [0.4, 0.5) is 0 Å². The largest absolute Gasteiger partial charge is 0.508 e. The quantitative estimate of drug-likeness (QED) is 0.799. The lowest BCUT2D eigenvalue weighted by Crippen LogP contribution is -1.99. The molecule has 0 fully saturated rings. The Hall–Kier alpha value is -0.540. The maximum absolute atomic E-state index is 9.48. The zero-order chi connectivity index (χ0) is 9.68. The van der Waals surface area contributed by atoms with E-state index >= 15 is 0 Å². The molecule has 0 heterocycles. The maximum atomic E-state index is 9.48. The summed E-state index contributed by atoms with van der Waals surface area (Å²) in [6, 6.07) is 5.50. The second kappa shape index (κ2) is 5.25. The van der Waals surface area contributed by atoms with Crippen molar-refractivity contribution in [3.63, 3.8) is 0 Å². The van der Waals surface area contributed by atoms with Crippen molar-refractivity contribution >= 4 is 15.9 Å². The van der Waals surface area contributed by atoms with Crippen LogP contribution in [-0.4, -0.2) is 11.7 Å². The van der Waals surface area contributed by atoms with Crippen LogP contribution in [0.5, 0.6) is 5.75 Å². The molecule has 0 unspecified atom stereocenters. The first-order valence-electron chi connectivity index (χ1n) is 4.41. The SMILES string of the molecule is NCCCCc1cc(Br)ccc1O. The first-order chi connectivity index (χ1) is 6.24. The third-order valence-corrected chi connectivity index (χ3v) is 2.44. The van der Waals surface area contributed by atoms with E-state index in [-0.39, 0.29) is 0 Å². The Bertz CT molecular complexity index is 276. The summed E-state index contributed by atoms with van der Waals surface area (Å²) in [6.45, 7) is 0.717. The Kier molecular flexibility index (Phi) is 4.25. The van der Waals surface area contributed by atoms with Crippen molar-refractivity contribution < 1.29 is 5.11 Å². The molecule has 0 radical (unpaired) electrons. The topological polar surface area (TPSA) is 46.2 Å². The van der Waals surface area contributed by atoms with Gasteiger partial charge in [0, 0.05) is 4.47 Å². The zero-order valence-corrected chi connectivity index (χ0v) is 9.05. The van der Waals surface area contributed by atoms with Crippen LogP contribution in [0.3, 0.4) is 0 Å². The number of phenols is 1. The van der Waals surface area contributed by atoms with E-state index in [1.54, 1.807) is 6.07 Å². The maximum Gasteiger partial charge on any atom is 0.118 e. The van der Waals surface area contributed by atoms with Gasteiger partial charge in [0.15, 0.2) is 0 Å². The number of aryl methyl sites for hydroxylation is 1. The lowest BCUT2D eigenvalue weighted by Gasteiger charge is -2.04. The minimum atomic E-state index is 0.375. The molecule has 0 aromatic heterocycles. The average Bonchev–Trinajstić information content (AvgIpc) is 2.11. The van der Waals surface area contributed by atoms with Gasteiger partial charge in [-0.05, 0) is 49.6 Å². The molecule has 1 rings (SSSR count). The standard InChI is InChI=1S/C10H14BrNO/c11-9-4-5-10(13)8(7-9)3-1-2-6-12/h4-5,7,13H,1-3,6,12H2. The number of aromatic hydroxyl groups is 1. The van der Waals surface area contributed by atoms with Gasteiger partial charge in [-0.2, -0.15) is 0 Å². The predicted octanol–water partition coefficient (Wildman–Crippen LogP) is 2.44. The monoisotopic (exact) mass is 243 g/mol. The van der Waals surface area contributed by atoms with Gasteiger partial charge in [-0.3, -0.25) is 0 Å². The van der Waals surface area contributed by atoms with Crippen LogP contribution < -0.4 is 5.73 Å². The zero-order valence-electron chi connectivity index (χ0n) is 7.46. The highest BCUT2D eigenvalue weighted by Gasteiger charge is 2.00. The molecule has 0 bridgehead atoms. The van der Waals surface area contributed by atoms with Crippen molar-refractivity contribution in [3.8, 4) is 5.75 Å². The number of benzene rings is 1. The second-order valence-electron chi connectivity index (χ2n) is 3.02. The van der Waals surface area contributed by atoms with Gasteiger partial charge in [0.25, 0.3) is 0 Å². The molecule has 0 aliphatic rings. The Morgan fingerprint density at radius 2 is 2.08 bits per heavy atom. The van der Waals surface area contributed by atoms with Crippen molar-refractivity contribution in [1.82, 2.24) is 0 Å². The highest BCUT2D eigenvalue weighted by atomic mass is 79.9. The molecular formula is C10H14BrNO. The highest BCUT2D eigenvalue weighted by Crippen LogP contribution is 2.23. The number of hydrogen-bond donors (Lipinski definition) is 2. The molecule has 0 amide bonds. The predicted molar refractivity (Wildman–Crippen MR) is 57.8 cm³/mol. The van der Waals surface area contributed by atoms with Crippen molar-refractivity contribution in [2.45, 2.75) is 19.3 Å². The number of rotatable bonds is 4. The molecular weight excluding hydrogens is 230 g/mol. The Balaban J connectivity index is 2.59. The van der Waals surface area contributed by atoms with E-state index < -0.39 is 0 Å². The minimum absolute atomic E-state index is 0.375. The Labute approximate surface area is 86.9 Å². The van der Waals surface area contributed by atoms with Gasteiger partial charge >= 0.3 is 0 Å². The highest BCUT2D eigenvalue weighted by molar-refractivity contribution is 9.10. The van der Waals surface area contributed by atoms with Crippen LogP contribution >= 0.6 is 15.9 Å². The Morgan fingerprint density at radius 1 is 1.31 bits per heavy atom. The minimum Gasteiger partial charge on any atom is -0.508 e. The number of halogens is 1. The van der Waals surface area contributed by atoms with Gasteiger partial charge in [-0.1, -0.05) is 15.9 Å². The van der Waals surface area contributed by atoms with E-state index in [0.717, 1.165) is 35.8 Å². The average molecular weight is 244 g/mol. The van der Waals surface area contributed by atoms with E-state index in [1.165, 1.54) is 0 Å². The number of phenolic OH excluding ortho intramolecular Hbond substituents is 1. The van der Waals surface area contributed by atoms with E-state index in [0.29, 0.717) is 5.75 Å². The fraction of sp³-hybridized carbons (Fsp3) is 0.400. The molecule has 0 saturated carbocycles. The first kappa shape index (κ1) is 10.5. The van der Waals surface area contributed by atoms with Crippen molar-refractivity contribution in [1.29, 1.82) is 0 Å². The number of hydrogen-bond acceptors (Lipinski definition) is 2. The van der Waals surface area contributed by atoms with Gasteiger partial charge < -0.3 is 10.8 Å².